The van der Waals surface area contributed by atoms with Crippen molar-refractivity contribution in [3.8, 4) is 5.82 Å². The van der Waals surface area contributed by atoms with E-state index in [2.05, 4.69) is 15.4 Å². The van der Waals surface area contributed by atoms with Crippen molar-refractivity contribution in [3.63, 3.8) is 0 Å². The lowest BCUT2D eigenvalue weighted by atomic mass is 10.3. The van der Waals surface area contributed by atoms with Crippen molar-refractivity contribution in [2.24, 2.45) is 0 Å². The Hall–Kier alpha value is -1.10. The summed E-state index contributed by atoms with van der Waals surface area (Å²) in [5.41, 5.74) is 1.78. The van der Waals surface area contributed by atoms with Gasteiger partial charge in [0.2, 0.25) is 0 Å². The summed E-state index contributed by atoms with van der Waals surface area (Å²) >= 11 is 12.1. The van der Waals surface area contributed by atoms with Crippen molar-refractivity contribution in [2.45, 2.75) is 13.5 Å². The fourth-order valence-corrected chi connectivity index (χ4v) is 1.89. The summed E-state index contributed by atoms with van der Waals surface area (Å²) in [4.78, 5) is 4.29. The number of nitrogens with zero attached hydrogens (tertiary/aromatic N) is 3. The van der Waals surface area contributed by atoms with E-state index in [1.54, 1.807) is 17.1 Å². The summed E-state index contributed by atoms with van der Waals surface area (Å²) in [7, 11) is 1.87. The van der Waals surface area contributed by atoms with Crippen LogP contribution in [0.15, 0.2) is 18.5 Å². The largest absolute Gasteiger partial charge is 0.316 e. The maximum absolute atomic E-state index is 6.17. The van der Waals surface area contributed by atoms with Crippen LogP contribution < -0.4 is 5.32 Å². The molecule has 0 amide bonds. The Morgan fingerprint density at radius 3 is 2.65 bits per heavy atom. The van der Waals surface area contributed by atoms with Crippen LogP contribution in [-0.2, 0) is 6.54 Å². The molecule has 0 aromatic carbocycles. The van der Waals surface area contributed by atoms with Gasteiger partial charge in [0.1, 0.15) is 0 Å². The minimum absolute atomic E-state index is 0.553. The lowest BCUT2D eigenvalue weighted by Crippen LogP contribution is -2.07. The Bertz CT molecular complexity index is 517. The van der Waals surface area contributed by atoms with Gasteiger partial charge >= 0.3 is 0 Å². The lowest BCUT2D eigenvalue weighted by Gasteiger charge is -2.05. The third kappa shape index (κ3) is 2.60. The molecule has 90 valence electrons. The van der Waals surface area contributed by atoms with Crippen molar-refractivity contribution in [3.05, 3.63) is 39.8 Å². The molecule has 2 aromatic rings. The van der Waals surface area contributed by atoms with E-state index in [0.717, 1.165) is 17.8 Å². The molecule has 0 unspecified atom stereocenters. The zero-order valence-corrected chi connectivity index (χ0v) is 11.0. The van der Waals surface area contributed by atoms with Gasteiger partial charge in [-0.3, -0.25) is 0 Å². The number of aromatic nitrogens is 3. The molecule has 0 atom stereocenters. The van der Waals surface area contributed by atoms with Gasteiger partial charge in [0.25, 0.3) is 0 Å². The molecule has 0 spiro atoms. The number of hydrogen-bond donors (Lipinski definition) is 1. The predicted molar refractivity (Wildman–Crippen MR) is 68.9 cm³/mol. The van der Waals surface area contributed by atoms with Crippen LogP contribution in [0.1, 0.15) is 11.3 Å². The fraction of sp³-hybridized carbons (Fsp3) is 0.273. The van der Waals surface area contributed by atoms with Gasteiger partial charge in [-0.1, -0.05) is 23.2 Å². The van der Waals surface area contributed by atoms with E-state index >= 15 is 0 Å². The highest BCUT2D eigenvalue weighted by atomic mass is 35.5. The average molecular weight is 271 g/mol. The molecule has 0 saturated heterocycles. The number of rotatable bonds is 3. The molecule has 1 N–H and O–H groups in total. The van der Waals surface area contributed by atoms with Gasteiger partial charge in [-0.15, -0.1) is 0 Å². The normalized spacial score (nSPS) is 10.8. The lowest BCUT2D eigenvalue weighted by molar-refractivity contribution is 0.799. The number of hydrogen-bond acceptors (Lipinski definition) is 3. The summed E-state index contributed by atoms with van der Waals surface area (Å²) in [6, 6.07) is 1.87. The van der Waals surface area contributed by atoms with Gasteiger partial charge in [-0.25, -0.2) is 9.67 Å². The molecule has 2 aromatic heterocycles. The van der Waals surface area contributed by atoms with Crippen molar-refractivity contribution < 1.29 is 0 Å². The predicted octanol–water partition coefficient (Wildman–Crippen LogP) is 2.60. The molecule has 0 fully saturated rings. The molecule has 17 heavy (non-hydrogen) atoms. The van der Waals surface area contributed by atoms with E-state index in [1.807, 2.05) is 20.0 Å². The first-order valence-electron chi connectivity index (χ1n) is 5.13. The van der Waals surface area contributed by atoms with E-state index in [-0.39, 0.29) is 0 Å². The van der Waals surface area contributed by atoms with Crippen molar-refractivity contribution in [1.29, 1.82) is 0 Å². The molecule has 0 aliphatic heterocycles. The zero-order valence-electron chi connectivity index (χ0n) is 9.54. The van der Waals surface area contributed by atoms with Crippen LogP contribution in [0.25, 0.3) is 5.82 Å². The first-order valence-corrected chi connectivity index (χ1v) is 5.88. The van der Waals surface area contributed by atoms with Gasteiger partial charge in [-0.2, -0.15) is 5.10 Å². The molecule has 0 aliphatic carbocycles. The minimum Gasteiger partial charge on any atom is -0.316 e. The van der Waals surface area contributed by atoms with Crippen LogP contribution in [0, 0.1) is 6.92 Å². The summed E-state index contributed by atoms with van der Waals surface area (Å²) < 4.78 is 1.59. The standard InChI is InChI=1S/C11H12Cl2N4/c1-7-10(13)6-17(16-7)11-9(12)3-8(4-14-2)5-15-11/h3,5-6,14H,4H2,1-2H3. The topological polar surface area (TPSA) is 42.7 Å². The number of pyridine rings is 1. The Balaban J connectivity index is 2.39. The molecule has 2 rings (SSSR count). The smallest absolute Gasteiger partial charge is 0.172 e. The fourth-order valence-electron chi connectivity index (χ4n) is 1.49. The molecule has 6 heteroatoms. The molecular formula is C11H12Cl2N4. The Labute approximate surface area is 110 Å². The van der Waals surface area contributed by atoms with E-state index in [0.29, 0.717) is 15.9 Å². The van der Waals surface area contributed by atoms with Crippen LogP contribution in [0.5, 0.6) is 0 Å². The third-order valence-corrected chi connectivity index (χ3v) is 2.96. The molecule has 0 aliphatic rings. The third-order valence-electron chi connectivity index (χ3n) is 2.32. The SMILES string of the molecule is CNCc1cnc(-n2cc(Cl)c(C)n2)c(Cl)c1. The second kappa shape index (κ2) is 5.04. The second-order valence-electron chi connectivity index (χ2n) is 3.69. The van der Waals surface area contributed by atoms with Crippen LogP contribution in [0.4, 0.5) is 0 Å². The highest BCUT2D eigenvalue weighted by molar-refractivity contribution is 6.32. The van der Waals surface area contributed by atoms with Crippen LogP contribution in [-0.4, -0.2) is 21.8 Å². The molecule has 4 nitrogen and oxygen atoms in total. The van der Waals surface area contributed by atoms with Crippen LogP contribution in [0.3, 0.4) is 0 Å². The number of nitrogens with one attached hydrogen (secondary N) is 1. The number of halogens is 2. The highest BCUT2D eigenvalue weighted by Gasteiger charge is 2.09. The van der Waals surface area contributed by atoms with Crippen molar-refractivity contribution >= 4 is 23.2 Å². The van der Waals surface area contributed by atoms with E-state index in [9.17, 15) is 0 Å². The van der Waals surface area contributed by atoms with Gasteiger partial charge in [0, 0.05) is 12.7 Å². The summed E-state index contributed by atoms with van der Waals surface area (Å²) in [5.74, 6) is 0.585. The summed E-state index contributed by atoms with van der Waals surface area (Å²) in [6.45, 7) is 2.56. The number of aryl methyl sites for hydroxylation is 1. The quantitative estimate of drug-likeness (QED) is 0.933. The van der Waals surface area contributed by atoms with Crippen LogP contribution in [0.2, 0.25) is 10.0 Å². The summed E-state index contributed by atoms with van der Waals surface area (Å²) in [5, 5.41) is 8.43. The molecular weight excluding hydrogens is 259 g/mol. The monoisotopic (exact) mass is 270 g/mol. The second-order valence-corrected chi connectivity index (χ2v) is 4.50. The maximum Gasteiger partial charge on any atom is 0.172 e. The van der Waals surface area contributed by atoms with Gasteiger partial charge < -0.3 is 5.32 Å². The molecule has 0 saturated carbocycles. The summed E-state index contributed by atoms with van der Waals surface area (Å²) in [6.07, 6.45) is 3.46. The van der Waals surface area contributed by atoms with Gasteiger partial charge in [0.15, 0.2) is 5.82 Å². The molecule has 2 heterocycles. The maximum atomic E-state index is 6.17. The van der Waals surface area contributed by atoms with E-state index in [4.69, 9.17) is 23.2 Å². The first kappa shape index (κ1) is 12.4. The molecule has 0 radical (unpaired) electrons. The minimum atomic E-state index is 0.553. The highest BCUT2D eigenvalue weighted by Crippen LogP contribution is 2.21. The van der Waals surface area contributed by atoms with E-state index in [1.165, 1.54) is 0 Å². The average Bonchev–Trinajstić information content (AvgIpc) is 2.59. The van der Waals surface area contributed by atoms with Gasteiger partial charge in [-0.05, 0) is 25.6 Å². The Kier molecular flexibility index (Phi) is 3.66. The molecule has 0 bridgehead atoms. The van der Waals surface area contributed by atoms with E-state index < -0.39 is 0 Å². The van der Waals surface area contributed by atoms with Crippen molar-refractivity contribution in [2.75, 3.05) is 7.05 Å². The zero-order chi connectivity index (χ0) is 12.4. The van der Waals surface area contributed by atoms with Crippen molar-refractivity contribution in [1.82, 2.24) is 20.1 Å². The Morgan fingerprint density at radius 2 is 2.12 bits per heavy atom. The Morgan fingerprint density at radius 1 is 1.35 bits per heavy atom. The van der Waals surface area contributed by atoms with Gasteiger partial charge in [0.05, 0.1) is 21.9 Å². The van der Waals surface area contributed by atoms with Crippen LogP contribution >= 0.6 is 23.2 Å². The first-order chi connectivity index (χ1) is 8.11.